The SMILES string of the molecule is CCOc1ccc(C2CCCN2c2ncnc(NCc3ccc(CCN)cc3)c2F)cc1. The van der Waals surface area contributed by atoms with Gasteiger partial charge in [0.1, 0.15) is 12.1 Å². The molecule has 6 nitrogen and oxygen atoms in total. The van der Waals surface area contributed by atoms with Crippen LogP contribution in [0.25, 0.3) is 0 Å². The lowest BCUT2D eigenvalue weighted by Crippen LogP contribution is -2.25. The fraction of sp³-hybridized carbons (Fsp3) is 0.360. The molecule has 0 aliphatic carbocycles. The average molecular weight is 436 g/mol. The van der Waals surface area contributed by atoms with Crippen molar-refractivity contribution in [1.29, 1.82) is 0 Å². The van der Waals surface area contributed by atoms with Crippen molar-refractivity contribution in [2.75, 3.05) is 29.9 Å². The number of ether oxygens (including phenoxy) is 1. The minimum Gasteiger partial charge on any atom is -0.494 e. The normalized spacial score (nSPS) is 15.7. The highest BCUT2D eigenvalue weighted by Gasteiger charge is 2.30. The number of rotatable bonds is 9. The molecule has 2 aromatic carbocycles. The quantitative estimate of drug-likeness (QED) is 0.517. The number of aromatic nitrogens is 2. The summed E-state index contributed by atoms with van der Waals surface area (Å²) in [4.78, 5) is 10.5. The summed E-state index contributed by atoms with van der Waals surface area (Å²) in [6.45, 7) is 4.47. The van der Waals surface area contributed by atoms with Gasteiger partial charge in [-0.3, -0.25) is 0 Å². The summed E-state index contributed by atoms with van der Waals surface area (Å²) in [5.41, 5.74) is 8.99. The Kier molecular flexibility index (Phi) is 7.17. The molecule has 1 unspecified atom stereocenters. The molecule has 0 amide bonds. The molecule has 168 valence electrons. The topological polar surface area (TPSA) is 76.3 Å². The molecule has 1 atom stereocenters. The monoisotopic (exact) mass is 435 g/mol. The summed E-state index contributed by atoms with van der Waals surface area (Å²) in [7, 11) is 0. The van der Waals surface area contributed by atoms with E-state index < -0.39 is 5.82 Å². The number of hydrogen-bond acceptors (Lipinski definition) is 6. The Hall–Kier alpha value is -3.19. The van der Waals surface area contributed by atoms with Gasteiger partial charge in [-0.2, -0.15) is 4.39 Å². The van der Waals surface area contributed by atoms with Gasteiger partial charge < -0.3 is 20.7 Å². The third kappa shape index (κ3) is 4.99. The zero-order valence-electron chi connectivity index (χ0n) is 18.4. The van der Waals surface area contributed by atoms with Crippen molar-refractivity contribution < 1.29 is 9.13 Å². The van der Waals surface area contributed by atoms with E-state index in [1.165, 1.54) is 11.9 Å². The summed E-state index contributed by atoms with van der Waals surface area (Å²) in [6, 6.07) is 16.3. The van der Waals surface area contributed by atoms with Crippen LogP contribution in [0.2, 0.25) is 0 Å². The number of nitrogens with zero attached hydrogens (tertiary/aromatic N) is 3. The van der Waals surface area contributed by atoms with Crippen molar-refractivity contribution in [2.24, 2.45) is 5.73 Å². The van der Waals surface area contributed by atoms with E-state index in [4.69, 9.17) is 10.5 Å². The summed E-state index contributed by atoms with van der Waals surface area (Å²) in [6.07, 6.45) is 4.22. The van der Waals surface area contributed by atoms with Crippen molar-refractivity contribution in [2.45, 2.75) is 38.8 Å². The van der Waals surface area contributed by atoms with Crippen LogP contribution in [0.4, 0.5) is 16.0 Å². The maximum Gasteiger partial charge on any atom is 0.207 e. The van der Waals surface area contributed by atoms with Crippen LogP contribution in [-0.4, -0.2) is 29.7 Å². The molecule has 32 heavy (non-hydrogen) atoms. The fourth-order valence-electron chi connectivity index (χ4n) is 4.18. The molecule has 0 bridgehead atoms. The molecule has 1 aliphatic heterocycles. The van der Waals surface area contributed by atoms with E-state index in [1.807, 2.05) is 36.1 Å². The second-order valence-electron chi connectivity index (χ2n) is 7.92. The van der Waals surface area contributed by atoms with Crippen LogP contribution in [0.3, 0.4) is 0 Å². The van der Waals surface area contributed by atoms with Crippen LogP contribution in [0, 0.1) is 5.82 Å². The zero-order valence-corrected chi connectivity index (χ0v) is 18.4. The molecular formula is C25H30FN5O. The number of benzene rings is 2. The first-order valence-corrected chi connectivity index (χ1v) is 11.2. The number of hydrogen-bond donors (Lipinski definition) is 2. The number of anilines is 2. The van der Waals surface area contributed by atoms with E-state index in [1.54, 1.807) is 0 Å². The van der Waals surface area contributed by atoms with Gasteiger partial charge in [-0.1, -0.05) is 36.4 Å². The molecule has 1 aromatic heterocycles. The van der Waals surface area contributed by atoms with Gasteiger partial charge in [0.15, 0.2) is 11.6 Å². The predicted octanol–water partition coefficient (Wildman–Crippen LogP) is 4.47. The molecule has 0 radical (unpaired) electrons. The molecule has 7 heteroatoms. The lowest BCUT2D eigenvalue weighted by molar-refractivity contribution is 0.340. The van der Waals surface area contributed by atoms with Gasteiger partial charge in [0.25, 0.3) is 0 Å². The third-order valence-corrected chi connectivity index (χ3v) is 5.79. The molecule has 1 aliphatic rings. The summed E-state index contributed by atoms with van der Waals surface area (Å²) in [5.74, 6) is 0.997. The molecule has 0 saturated carbocycles. The van der Waals surface area contributed by atoms with Crippen LogP contribution in [0.1, 0.15) is 42.5 Å². The number of halogens is 1. The van der Waals surface area contributed by atoms with E-state index in [2.05, 4.69) is 39.6 Å². The fourth-order valence-corrected chi connectivity index (χ4v) is 4.18. The highest BCUT2D eigenvalue weighted by atomic mass is 19.1. The summed E-state index contributed by atoms with van der Waals surface area (Å²) < 4.78 is 20.9. The standard InChI is InChI=1S/C25H30FN5O/c1-2-32-21-11-9-20(10-12-21)22-4-3-15-31(22)25-23(26)24(29-17-30-25)28-16-19-7-5-18(6-8-19)13-14-27/h5-12,17,22H,2-4,13-16,27H2,1H3,(H,28,29,30). The lowest BCUT2D eigenvalue weighted by Gasteiger charge is -2.27. The first kappa shape index (κ1) is 22.0. The minimum atomic E-state index is -0.412. The first-order valence-electron chi connectivity index (χ1n) is 11.2. The molecular weight excluding hydrogens is 405 g/mol. The van der Waals surface area contributed by atoms with Crippen LogP contribution in [-0.2, 0) is 13.0 Å². The van der Waals surface area contributed by atoms with Gasteiger partial charge in [-0.25, -0.2) is 9.97 Å². The third-order valence-electron chi connectivity index (χ3n) is 5.79. The molecule has 0 spiro atoms. The maximum absolute atomic E-state index is 15.4. The van der Waals surface area contributed by atoms with Gasteiger partial charge in [0.2, 0.25) is 5.82 Å². The Morgan fingerprint density at radius 3 is 2.56 bits per heavy atom. The van der Waals surface area contributed by atoms with Crippen LogP contribution >= 0.6 is 0 Å². The van der Waals surface area contributed by atoms with Crippen molar-refractivity contribution in [1.82, 2.24) is 9.97 Å². The van der Waals surface area contributed by atoms with Crippen LogP contribution in [0.5, 0.6) is 5.75 Å². The largest absolute Gasteiger partial charge is 0.494 e. The van der Waals surface area contributed by atoms with E-state index in [9.17, 15) is 0 Å². The highest BCUT2D eigenvalue weighted by Crippen LogP contribution is 2.37. The Bertz CT molecular complexity index is 1010. The Labute approximate surface area is 188 Å². The van der Waals surface area contributed by atoms with Gasteiger partial charge in [0.05, 0.1) is 12.6 Å². The maximum atomic E-state index is 15.4. The minimum absolute atomic E-state index is 0.0815. The van der Waals surface area contributed by atoms with Gasteiger partial charge in [0, 0.05) is 13.1 Å². The van der Waals surface area contributed by atoms with Crippen molar-refractivity contribution >= 4 is 11.6 Å². The number of nitrogens with one attached hydrogen (secondary N) is 1. The van der Waals surface area contributed by atoms with Crippen molar-refractivity contribution in [3.05, 3.63) is 77.4 Å². The molecule has 3 aromatic rings. The summed E-state index contributed by atoms with van der Waals surface area (Å²) in [5, 5.41) is 3.13. The Morgan fingerprint density at radius 1 is 1.09 bits per heavy atom. The molecule has 4 rings (SSSR count). The molecule has 3 N–H and O–H groups in total. The van der Waals surface area contributed by atoms with E-state index in [-0.39, 0.29) is 11.9 Å². The Balaban J connectivity index is 1.48. The van der Waals surface area contributed by atoms with E-state index in [0.717, 1.165) is 42.7 Å². The second kappa shape index (κ2) is 10.4. The first-order chi connectivity index (χ1) is 15.7. The average Bonchev–Trinajstić information content (AvgIpc) is 3.30. The van der Waals surface area contributed by atoms with Crippen molar-refractivity contribution in [3.63, 3.8) is 0 Å². The van der Waals surface area contributed by atoms with Crippen LogP contribution in [0.15, 0.2) is 54.9 Å². The van der Waals surface area contributed by atoms with E-state index in [0.29, 0.717) is 25.5 Å². The molecule has 1 fully saturated rings. The second-order valence-corrected chi connectivity index (χ2v) is 7.92. The smallest absolute Gasteiger partial charge is 0.207 e. The van der Waals surface area contributed by atoms with Gasteiger partial charge >= 0.3 is 0 Å². The molecule has 1 saturated heterocycles. The predicted molar refractivity (Wildman–Crippen MR) is 125 cm³/mol. The van der Waals surface area contributed by atoms with Gasteiger partial charge in [-0.15, -0.1) is 0 Å². The van der Waals surface area contributed by atoms with Gasteiger partial charge in [-0.05, 0) is 61.6 Å². The molecule has 2 heterocycles. The van der Waals surface area contributed by atoms with Crippen LogP contribution < -0.4 is 20.7 Å². The van der Waals surface area contributed by atoms with Crippen molar-refractivity contribution in [3.8, 4) is 5.75 Å². The number of nitrogens with two attached hydrogens (primary N) is 1. The summed E-state index contributed by atoms with van der Waals surface area (Å²) >= 11 is 0. The highest BCUT2D eigenvalue weighted by molar-refractivity contribution is 5.53. The zero-order chi connectivity index (χ0) is 22.3. The lowest BCUT2D eigenvalue weighted by atomic mass is 10.0. The van der Waals surface area contributed by atoms with E-state index >= 15 is 4.39 Å². The Morgan fingerprint density at radius 2 is 1.84 bits per heavy atom.